The molecule has 2 aliphatic rings. The Labute approximate surface area is 106 Å². The van der Waals surface area contributed by atoms with Crippen molar-refractivity contribution in [2.45, 2.75) is 45.6 Å². The Morgan fingerprint density at radius 3 is 2.00 bits per heavy atom. The minimum absolute atomic E-state index is 0.0924. The van der Waals surface area contributed by atoms with Crippen molar-refractivity contribution in [3.8, 4) is 0 Å². The van der Waals surface area contributed by atoms with Crippen LogP contribution in [0.15, 0.2) is 0 Å². The molecule has 2 bridgehead atoms. The van der Waals surface area contributed by atoms with E-state index >= 15 is 0 Å². The molecule has 2 unspecified atom stereocenters. The third-order valence-corrected chi connectivity index (χ3v) is 4.78. The lowest BCUT2D eigenvalue weighted by atomic mass is 9.59. The first-order valence-electron chi connectivity index (χ1n) is 7.16. The molecule has 0 radical (unpaired) electrons. The molecule has 0 amide bonds. The van der Waals surface area contributed by atoms with Crippen molar-refractivity contribution in [3.05, 3.63) is 0 Å². The zero-order valence-electron chi connectivity index (χ0n) is 11.6. The fraction of sp³-hybridized carbons (Fsp3) is 1.00. The standard InChI is InChI=1S/C14H28N2O/c1-4-6-13-8-15-9-14(7-5-2,12(13)17)11-16(3)10-13/h12,15,17H,4-11H2,1-3H3. The van der Waals surface area contributed by atoms with E-state index in [2.05, 4.69) is 31.1 Å². The van der Waals surface area contributed by atoms with Crippen LogP contribution in [0.2, 0.25) is 0 Å². The Balaban J connectivity index is 2.27. The Bertz CT molecular complexity index is 239. The molecule has 0 saturated carbocycles. The maximum Gasteiger partial charge on any atom is 0.0701 e. The number of likely N-dealkylation sites (tertiary alicyclic amines) is 1. The number of hydrogen-bond acceptors (Lipinski definition) is 3. The lowest BCUT2D eigenvalue weighted by Gasteiger charge is -2.59. The molecule has 0 aromatic carbocycles. The molecule has 3 nitrogen and oxygen atoms in total. The van der Waals surface area contributed by atoms with Crippen molar-refractivity contribution in [3.63, 3.8) is 0 Å². The molecule has 0 aromatic rings. The Kier molecular flexibility index (Phi) is 3.81. The second-order valence-electron chi connectivity index (χ2n) is 6.40. The van der Waals surface area contributed by atoms with E-state index in [1.54, 1.807) is 0 Å². The third-order valence-electron chi connectivity index (χ3n) is 4.78. The first-order chi connectivity index (χ1) is 8.08. The quantitative estimate of drug-likeness (QED) is 0.781. The highest BCUT2D eigenvalue weighted by Gasteiger charge is 2.56. The minimum atomic E-state index is -0.118. The molecule has 2 aliphatic heterocycles. The molecule has 2 saturated heterocycles. The second kappa shape index (κ2) is 4.87. The molecule has 0 spiro atoms. The van der Waals surface area contributed by atoms with Gasteiger partial charge in [0.05, 0.1) is 6.10 Å². The molecule has 100 valence electrons. The van der Waals surface area contributed by atoms with Crippen LogP contribution >= 0.6 is 0 Å². The van der Waals surface area contributed by atoms with Crippen molar-refractivity contribution in [1.29, 1.82) is 0 Å². The molecule has 2 atom stereocenters. The number of aliphatic hydroxyl groups is 1. The molecular weight excluding hydrogens is 212 g/mol. The number of nitrogens with one attached hydrogen (secondary N) is 1. The zero-order chi connectivity index (χ0) is 12.5. The molecule has 0 aliphatic carbocycles. The van der Waals surface area contributed by atoms with Crippen LogP contribution in [-0.4, -0.2) is 49.3 Å². The number of aliphatic hydroxyl groups excluding tert-OH is 1. The maximum atomic E-state index is 10.9. The van der Waals surface area contributed by atoms with Gasteiger partial charge in [0, 0.05) is 37.0 Å². The van der Waals surface area contributed by atoms with Crippen LogP contribution in [0.25, 0.3) is 0 Å². The summed E-state index contributed by atoms with van der Waals surface area (Å²) in [7, 11) is 2.21. The van der Waals surface area contributed by atoms with Crippen LogP contribution in [-0.2, 0) is 0 Å². The number of rotatable bonds is 4. The smallest absolute Gasteiger partial charge is 0.0701 e. The molecule has 0 aromatic heterocycles. The van der Waals surface area contributed by atoms with Gasteiger partial charge in [0.1, 0.15) is 0 Å². The molecule has 2 rings (SSSR count). The molecule has 3 heteroatoms. The highest BCUT2D eigenvalue weighted by Crippen LogP contribution is 2.47. The monoisotopic (exact) mass is 240 g/mol. The lowest BCUT2D eigenvalue weighted by Crippen LogP contribution is -2.70. The number of nitrogens with zero attached hydrogens (tertiary/aromatic N) is 1. The predicted molar refractivity (Wildman–Crippen MR) is 71.1 cm³/mol. The molecule has 17 heavy (non-hydrogen) atoms. The number of hydrogen-bond donors (Lipinski definition) is 2. The first kappa shape index (κ1) is 13.3. The van der Waals surface area contributed by atoms with Crippen LogP contribution in [0.4, 0.5) is 0 Å². The minimum Gasteiger partial charge on any atom is -0.392 e. The first-order valence-corrected chi connectivity index (χ1v) is 7.16. The van der Waals surface area contributed by atoms with E-state index in [0.29, 0.717) is 0 Å². The van der Waals surface area contributed by atoms with Crippen molar-refractivity contribution in [1.82, 2.24) is 10.2 Å². The molecule has 2 heterocycles. The Hall–Kier alpha value is -0.120. The topological polar surface area (TPSA) is 35.5 Å². The third kappa shape index (κ3) is 2.13. The zero-order valence-corrected chi connectivity index (χ0v) is 11.6. The van der Waals surface area contributed by atoms with Crippen molar-refractivity contribution < 1.29 is 5.11 Å². The van der Waals surface area contributed by atoms with Gasteiger partial charge in [-0.15, -0.1) is 0 Å². The molecule has 2 N–H and O–H groups in total. The Morgan fingerprint density at radius 1 is 1.12 bits per heavy atom. The SMILES string of the molecule is CCCC12CNCC(CCC)(CN(C)C1)C2O. The van der Waals surface area contributed by atoms with E-state index < -0.39 is 0 Å². The van der Waals surface area contributed by atoms with E-state index in [1.165, 1.54) is 0 Å². The van der Waals surface area contributed by atoms with Gasteiger partial charge in [0.25, 0.3) is 0 Å². The van der Waals surface area contributed by atoms with Gasteiger partial charge in [-0.25, -0.2) is 0 Å². The Morgan fingerprint density at radius 2 is 1.59 bits per heavy atom. The predicted octanol–water partition coefficient (Wildman–Crippen LogP) is 1.47. The van der Waals surface area contributed by atoms with Gasteiger partial charge >= 0.3 is 0 Å². The summed E-state index contributed by atoms with van der Waals surface area (Å²) in [5.74, 6) is 0. The van der Waals surface area contributed by atoms with Crippen molar-refractivity contribution in [2.24, 2.45) is 10.8 Å². The molecule has 2 fully saturated rings. The van der Waals surface area contributed by atoms with Crippen LogP contribution in [0.3, 0.4) is 0 Å². The number of fused-ring (bicyclic) bond motifs is 2. The summed E-state index contributed by atoms with van der Waals surface area (Å²) < 4.78 is 0. The summed E-state index contributed by atoms with van der Waals surface area (Å²) >= 11 is 0. The molecular formula is C14H28N2O. The highest BCUT2D eigenvalue weighted by atomic mass is 16.3. The van der Waals surface area contributed by atoms with Gasteiger partial charge in [-0.05, 0) is 19.9 Å². The number of piperidine rings is 2. The largest absolute Gasteiger partial charge is 0.392 e. The van der Waals surface area contributed by atoms with Gasteiger partial charge in [-0.3, -0.25) is 0 Å². The van der Waals surface area contributed by atoms with E-state index in [0.717, 1.165) is 51.9 Å². The van der Waals surface area contributed by atoms with Crippen molar-refractivity contribution >= 4 is 0 Å². The van der Waals surface area contributed by atoms with E-state index in [4.69, 9.17) is 0 Å². The summed E-state index contributed by atoms with van der Waals surface area (Å²) in [6.07, 6.45) is 4.48. The van der Waals surface area contributed by atoms with Crippen LogP contribution in [0.1, 0.15) is 39.5 Å². The van der Waals surface area contributed by atoms with Crippen LogP contribution in [0.5, 0.6) is 0 Å². The van der Waals surface area contributed by atoms with Gasteiger partial charge in [0.15, 0.2) is 0 Å². The normalized spacial score (nSPS) is 42.7. The highest BCUT2D eigenvalue weighted by molar-refractivity contribution is 5.09. The summed E-state index contributed by atoms with van der Waals surface area (Å²) in [6.45, 7) is 8.51. The lowest BCUT2D eigenvalue weighted by molar-refractivity contribution is -0.157. The van der Waals surface area contributed by atoms with Gasteiger partial charge in [-0.2, -0.15) is 0 Å². The summed E-state index contributed by atoms with van der Waals surface area (Å²) in [6, 6.07) is 0. The van der Waals surface area contributed by atoms with Crippen molar-refractivity contribution in [2.75, 3.05) is 33.2 Å². The van der Waals surface area contributed by atoms with Gasteiger partial charge in [-0.1, -0.05) is 26.7 Å². The van der Waals surface area contributed by atoms with Gasteiger partial charge in [0.2, 0.25) is 0 Å². The maximum absolute atomic E-state index is 10.9. The van der Waals surface area contributed by atoms with E-state index in [-0.39, 0.29) is 16.9 Å². The van der Waals surface area contributed by atoms with E-state index in [9.17, 15) is 5.11 Å². The summed E-state index contributed by atoms with van der Waals surface area (Å²) in [5.41, 5.74) is 0.185. The van der Waals surface area contributed by atoms with Crippen LogP contribution < -0.4 is 5.32 Å². The fourth-order valence-corrected chi connectivity index (χ4v) is 4.42. The van der Waals surface area contributed by atoms with Gasteiger partial charge < -0.3 is 15.3 Å². The summed E-state index contributed by atoms with van der Waals surface area (Å²) in [5, 5.41) is 14.5. The van der Waals surface area contributed by atoms with E-state index in [1.807, 2.05) is 0 Å². The van der Waals surface area contributed by atoms with Crippen LogP contribution in [0, 0.1) is 10.8 Å². The average Bonchev–Trinajstić information content (AvgIpc) is 2.24. The second-order valence-corrected chi connectivity index (χ2v) is 6.40. The average molecular weight is 240 g/mol. The fourth-order valence-electron chi connectivity index (χ4n) is 4.42. The summed E-state index contributed by atoms with van der Waals surface area (Å²) in [4.78, 5) is 2.44.